The highest BCUT2D eigenvalue weighted by Gasteiger charge is 2.38. The topological polar surface area (TPSA) is 83.6 Å². The number of amides is 2. The number of nitrogens with one attached hydrogen (secondary N) is 2. The highest BCUT2D eigenvalue weighted by molar-refractivity contribution is 5.80. The third-order valence-electron chi connectivity index (χ3n) is 6.78. The number of hydrogen-bond donors (Lipinski definition) is 2. The zero-order valence-electron chi connectivity index (χ0n) is 19.4. The molecule has 1 aromatic heterocycles. The molecule has 7 heteroatoms. The van der Waals surface area contributed by atoms with Gasteiger partial charge in [0, 0.05) is 50.4 Å². The number of rotatable bonds is 9. The Morgan fingerprint density at radius 2 is 2.03 bits per heavy atom. The summed E-state index contributed by atoms with van der Waals surface area (Å²) in [5, 5.41) is 6.32. The van der Waals surface area contributed by atoms with E-state index in [1.165, 1.54) is 11.1 Å². The molecule has 0 radical (unpaired) electrons. The van der Waals surface area contributed by atoms with Crippen molar-refractivity contribution in [2.24, 2.45) is 0 Å². The number of carbonyl (C=O) groups excluding carboxylic acids is 2. The summed E-state index contributed by atoms with van der Waals surface area (Å²) in [4.78, 5) is 31.5. The van der Waals surface area contributed by atoms with Crippen LogP contribution in [0.5, 0.6) is 0 Å². The maximum Gasteiger partial charge on any atom is 0.220 e. The van der Waals surface area contributed by atoms with E-state index < -0.39 is 0 Å². The van der Waals surface area contributed by atoms with Gasteiger partial charge in [0.15, 0.2) is 0 Å². The van der Waals surface area contributed by atoms with Gasteiger partial charge in [-0.2, -0.15) is 0 Å². The van der Waals surface area contributed by atoms with Crippen LogP contribution in [0, 0.1) is 6.92 Å². The van der Waals surface area contributed by atoms with Crippen molar-refractivity contribution in [2.45, 2.75) is 50.6 Å². The van der Waals surface area contributed by atoms with Crippen molar-refractivity contribution in [1.82, 2.24) is 20.5 Å². The van der Waals surface area contributed by atoms with Crippen molar-refractivity contribution in [2.75, 3.05) is 32.8 Å². The van der Waals surface area contributed by atoms with E-state index in [0.29, 0.717) is 39.0 Å². The van der Waals surface area contributed by atoms with Crippen LogP contribution in [0.2, 0.25) is 0 Å². The fourth-order valence-electron chi connectivity index (χ4n) is 4.85. The fraction of sp³-hybridized carbons (Fsp3) is 0.500. The second-order valence-electron chi connectivity index (χ2n) is 9.25. The van der Waals surface area contributed by atoms with Crippen molar-refractivity contribution in [3.8, 4) is 0 Å². The van der Waals surface area contributed by atoms with E-state index in [2.05, 4.69) is 57.8 Å². The third kappa shape index (κ3) is 6.39. The van der Waals surface area contributed by atoms with Gasteiger partial charge in [-0.25, -0.2) is 0 Å². The largest absolute Gasteiger partial charge is 0.379 e. The zero-order chi connectivity index (χ0) is 23.1. The number of carbonyl (C=O) groups is 2. The number of ether oxygens (including phenoxy) is 1. The standard InChI is InChI=1S/C26H34N4O3/c1-20-4-6-21(7-5-20)17-26(11-9-25(32)29-26)10-8-24(31)28-19-23(22-3-2-12-27-18-22)30-13-15-33-16-14-30/h2-7,12,18,23H,8-11,13-17,19H2,1H3,(H,28,31)(H,29,32)/t23-,26+/m0/s1. The molecule has 1 aromatic carbocycles. The predicted octanol–water partition coefficient (Wildman–Crippen LogP) is 2.55. The summed E-state index contributed by atoms with van der Waals surface area (Å²) in [6.07, 6.45) is 6.69. The normalized spacial score (nSPS) is 22.0. The van der Waals surface area contributed by atoms with Crippen LogP contribution in [-0.2, 0) is 20.7 Å². The van der Waals surface area contributed by atoms with Crippen molar-refractivity contribution in [3.05, 3.63) is 65.5 Å². The summed E-state index contributed by atoms with van der Waals surface area (Å²) in [5.41, 5.74) is 3.15. The first-order chi connectivity index (χ1) is 16.0. The zero-order valence-corrected chi connectivity index (χ0v) is 19.4. The Morgan fingerprint density at radius 3 is 2.70 bits per heavy atom. The quantitative estimate of drug-likeness (QED) is 0.614. The molecule has 2 atom stereocenters. The Kier molecular flexibility index (Phi) is 7.73. The Hall–Kier alpha value is -2.77. The molecule has 0 saturated carbocycles. The lowest BCUT2D eigenvalue weighted by Crippen LogP contribution is -2.46. The minimum atomic E-state index is -0.351. The number of aryl methyl sites for hydroxylation is 1. The molecule has 2 amide bonds. The molecule has 2 N–H and O–H groups in total. The molecule has 2 saturated heterocycles. The van der Waals surface area contributed by atoms with Crippen LogP contribution in [0.3, 0.4) is 0 Å². The number of pyridine rings is 1. The molecular formula is C26H34N4O3. The summed E-state index contributed by atoms with van der Waals surface area (Å²) >= 11 is 0. The Balaban J connectivity index is 1.36. The van der Waals surface area contributed by atoms with E-state index in [0.717, 1.165) is 31.5 Å². The van der Waals surface area contributed by atoms with Crippen LogP contribution in [0.4, 0.5) is 0 Å². The number of nitrogens with zero attached hydrogens (tertiary/aromatic N) is 2. The van der Waals surface area contributed by atoms with Gasteiger partial charge < -0.3 is 15.4 Å². The Morgan fingerprint density at radius 1 is 1.24 bits per heavy atom. The molecule has 4 rings (SSSR count). The maximum absolute atomic E-state index is 12.9. The number of morpholine rings is 1. The van der Waals surface area contributed by atoms with E-state index in [-0.39, 0.29) is 23.4 Å². The van der Waals surface area contributed by atoms with Crippen LogP contribution >= 0.6 is 0 Å². The van der Waals surface area contributed by atoms with E-state index >= 15 is 0 Å². The summed E-state index contributed by atoms with van der Waals surface area (Å²) in [6.45, 7) is 5.67. The van der Waals surface area contributed by atoms with Gasteiger partial charge in [-0.1, -0.05) is 35.9 Å². The first-order valence-corrected chi connectivity index (χ1v) is 11.9. The summed E-state index contributed by atoms with van der Waals surface area (Å²) < 4.78 is 5.50. The van der Waals surface area contributed by atoms with Crippen molar-refractivity contribution < 1.29 is 14.3 Å². The van der Waals surface area contributed by atoms with Crippen LogP contribution < -0.4 is 10.6 Å². The molecule has 0 bridgehead atoms. The average Bonchev–Trinajstić information content (AvgIpc) is 3.21. The second-order valence-corrected chi connectivity index (χ2v) is 9.25. The van der Waals surface area contributed by atoms with Gasteiger partial charge in [0.2, 0.25) is 11.8 Å². The van der Waals surface area contributed by atoms with E-state index in [4.69, 9.17) is 4.74 Å². The second kappa shape index (κ2) is 10.9. The van der Waals surface area contributed by atoms with Crippen molar-refractivity contribution in [1.29, 1.82) is 0 Å². The van der Waals surface area contributed by atoms with Crippen LogP contribution in [0.25, 0.3) is 0 Å². The smallest absolute Gasteiger partial charge is 0.220 e. The van der Waals surface area contributed by atoms with Crippen LogP contribution in [0.15, 0.2) is 48.8 Å². The van der Waals surface area contributed by atoms with Crippen molar-refractivity contribution >= 4 is 11.8 Å². The van der Waals surface area contributed by atoms with E-state index in [9.17, 15) is 9.59 Å². The van der Waals surface area contributed by atoms with Crippen LogP contribution in [-0.4, -0.2) is 60.1 Å². The van der Waals surface area contributed by atoms with Gasteiger partial charge in [-0.3, -0.25) is 19.5 Å². The lowest BCUT2D eigenvalue weighted by molar-refractivity contribution is -0.123. The van der Waals surface area contributed by atoms with Gasteiger partial charge in [-0.05, 0) is 43.4 Å². The van der Waals surface area contributed by atoms with Gasteiger partial charge in [0.05, 0.1) is 19.3 Å². The molecule has 2 aliphatic rings. The SMILES string of the molecule is Cc1ccc(C[C@@]2(CCC(=O)NC[C@@H](c3cccnc3)N3CCOCC3)CCC(=O)N2)cc1. The number of benzene rings is 1. The first kappa shape index (κ1) is 23.4. The molecule has 2 fully saturated rings. The summed E-state index contributed by atoms with van der Waals surface area (Å²) in [6, 6.07) is 12.5. The maximum atomic E-state index is 12.9. The van der Waals surface area contributed by atoms with Gasteiger partial charge in [0.25, 0.3) is 0 Å². The number of aromatic nitrogens is 1. The molecule has 0 spiro atoms. The van der Waals surface area contributed by atoms with Crippen molar-refractivity contribution in [3.63, 3.8) is 0 Å². The molecule has 0 unspecified atom stereocenters. The molecule has 3 heterocycles. The first-order valence-electron chi connectivity index (χ1n) is 11.9. The molecule has 33 heavy (non-hydrogen) atoms. The molecule has 2 aromatic rings. The summed E-state index contributed by atoms with van der Waals surface area (Å²) in [7, 11) is 0. The van der Waals surface area contributed by atoms with Gasteiger partial charge in [0.1, 0.15) is 0 Å². The van der Waals surface area contributed by atoms with E-state index in [1.54, 1.807) is 6.20 Å². The summed E-state index contributed by atoms with van der Waals surface area (Å²) in [5.74, 6) is 0.0908. The highest BCUT2D eigenvalue weighted by Crippen LogP contribution is 2.30. The van der Waals surface area contributed by atoms with Gasteiger partial charge in [-0.15, -0.1) is 0 Å². The fourth-order valence-corrected chi connectivity index (χ4v) is 4.85. The molecular weight excluding hydrogens is 416 g/mol. The minimum Gasteiger partial charge on any atom is -0.379 e. The Labute approximate surface area is 195 Å². The molecule has 176 valence electrons. The van der Waals surface area contributed by atoms with E-state index in [1.807, 2.05) is 12.3 Å². The van der Waals surface area contributed by atoms with Crippen LogP contribution in [0.1, 0.15) is 48.4 Å². The Bertz CT molecular complexity index is 928. The highest BCUT2D eigenvalue weighted by atomic mass is 16.5. The average molecular weight is 451 g/mol. The lowest BCUT2D eigenvalue weighted by Gasteiger charge is -2.35. The molecule has 0 aliphatic carbocycles. The molecule has 2 aliphatic heterocycles. The lowest BCUT2D eigenvalue weighted by atomic mass is 9.84. The van der Waals surface area contributed by atoms with Gasteiger partial charge >= 0.3 is 0 Å². The monoisotopic (exact) mass is 450 g/mol. The minimum absolute atomic E-state index is 0.0154. The molecule has 7 nitrogen and oxygen atoms in total. The number of hydrogen-bond acceptors (Lipinski definition) is 5. The third-order valence-corrected chi connectivity index (χ3v) is 6.78. The predicted molar refractivity (Wildman–Crippen MR) is 127 cm³/mol.